The van der Waals surface area contributed by atoms with Gasteiger partial charge >= 0.3 is 0 Å². The molecule has 27 heavy (non-hydrogen) atoms. The summed E-state index contributed by atoms with van der Waals surface area (Å²) in [4.78, 5) is 9.68. The molecular weight excluding hydrogens is 453 g/mol. The Balaban J connectivity index is 0.00000364. The first kappa shape index (κ1) is 24.0. The summed E-state index contributed by atoms with van der Waals surface area (Å²) in [6.07, 6.45) is 1.09. The van der Waals surface area contributed by atoms with Crippen molar-refractivity contribution in [3.05, 3.63) is 30.3 Å². The van der Waals surface area contributed by atoms with Crippen molar-refractivity contribution in [2.24, 2.45) is 4.99 Å². The molecule has 0 spiro atoms. The van der Waals surface area contributed by atoms with Crippen molar-refractivity contribution in [2.75, 3.05) is 70.5 Å². The maximum Gasteiger partial charge on any atom is 0.191 e. The van der Waals surface area contributed by atoms with Crippen molar-refractivity contribution in [2.45, 2.75) is 20.3 Å². The number of para-hydroxylation sites is 1. The maximum atomic E-state index is 5.35. The lowest BCUT2D eigenvalue weighted by Crippen LogP contribution is -2.46. The Morgan fingerprint density at radius 3 is 2.48 bits per heavy atom. The third-order valence-corrected chi connectivity index (χ3v) is 4.48. The molecule has 154 valence electrons. The van der Waals surface area contributed by atoms with E-state index in [1.54, 1.807) is 0 Å². The van der Waals surface area contributed by atoms with Gasteiger partial charge in [-0.3, -0.25) is 9.89 Å². The molecule has 1 aromatic rings. The molecule has 1 saturated heterocycles. The summed E-state index contributed by atoms with van der Waals surface area (Å²) in [7, 11) is 0. The van der Waals surface area contributed by atoms with Gasteiger partial charge in [-0.05, 0) is 32.4 Å². The van der Waals surface area contributed by atoms with Gasteiger partial charge in [-0.2, -0.15) is 0 Å². The van der Waals surface area contributed by atoms with Crippen LogP contribution in [0, 0.1) is 0 Å². The van der Waals surface area contributed by atoms with E-state index in [4.69, 9.17) is 4.74 Å². The number of halogens is 1. The number of aliphatic imine (C=N–C) groups is 1. The first-order chi connectivity index (χ1) is 12.8. The second-order valence-corrected chi connectivity index (χ2v) is 6.40. The van der Waals surface area contributed by atoms with Gasteiger partial charge in [0.1, 0.15) is 0 Å². The minimum atomic E-state index is 0. The number of piperazine rings is 1. The van der Waals surface area contributed by atoms with Gasteiger partial charge in [0, 0.05) is 64.7 Å². The molecule has 1 fully saturated rings. The zero-order chi connectivity index (χ0) is 18.5. The van der Waals surface area contributed by atoms with E-state index in [0.29, 0.717) is 6.61 Å². The summed E-state index contributed by atoms with van der Waals surface area (Å²) in [5.41, 5.74) is 1.34. The molecule has 0 radical (unpaired) electrons. The molecule has 7 heteroatoms. The predicted molar refractivity (Wildman–Crippen MR) is 126 cm³/mol. The van der Waals surface area contributed by atoms with Gasteiger partial charge in [0.2, 0.25) is 0 Å². The number of nitrogens with one attached hydrogen (secondary N) is 2. The Hall–Kier alpha value is -1.06. The number of anilines is 1. The number of benzene rings is 1. The summed E-state index contributed by atoms with van der Waals surface area (Å²) < 4.78 is 5.35. The average Bonchev–Trinajstić information content (AvgIpc) is 2.69. The number of ether oxygens (including phenoxy) is 1. The molecule has 0 atom stereocenters. The van der Waals surface area contributed by atoms with Crippen LogP contribution in [0.25, 0.3) is 0 Å². The Bertz CT molecular complexity index is 506. The van der Waals surface area contributed by atoms with E-state index in [0.717, 1.165) is 71.3 Å². The Labute approximate surface area is 181 Å². The van der Waals surface area contributed by atoms with Crippen LogP contribution in [-0.2, 0) is 4.74 Å². The normalized spacial score (nSPS) is 15.3. The van der Waals surface area contributed by atoms with E-state index >= 15 is 0 Å². The number of guanidine groups is 1. The van der Waals surface area contributed by atoms with Gasteiger partial charge < -0.3 is 20.3 Å². The van der Waals surface area contributed by atoms with Gasteiger partial charge in [-0.15, -0.1) is 24.0 Å². The molecule has 0 aromatic heterocycles. The number of hydrogen-bond acceptors (Lipinski definition) is 4. The van der Waals surface area contributed by atoms with Gasteiger partial charge in [0.25, 0.3) is 0 Å². The second kappa shape index (κ2) is 14.9. The number of nitrogens with zero attached hydrogens (tertiary/aromatic N) is 3. The quantitative estimate of drug-likeness (QED) is 0.229. The Morgan fingerprint density at radius 1 is 1.07 bits per heavy atom. The van der Waals surface area contributed by atoms with Crippen LogP contribution in [-0.4, -0.2) is 76.4 Å². The first-order valence-electron chi connectivity index (χ1n) is 9.95. The van der Waals surface area contributed by atoms with Crippen LogP contribution in [0.4, 0.5) is 5.69 Å². The molecule has 1 aliphatic rings. The summed E-state index contributed by atoms with van der Waals surface area (Å²) in [5, 5.41) is 6.60. The largest absolute Gasteiger partial charge is 0.380 e. The van der Waals surface area contributed by atoms with Crippen molar-refractivity contribution in [3.63, 3.8) is 0 Å². The third-order valence-electron chi connectivity index (χ3n) is 4.48. The minimum absolute atomic E-state index is 0. The highest BCUT2D eigenvalue weighted by Gasteiger charge is 2.16. The zero-order valence-electron chi connectivity index (χ0n) is 16.8. The standard InChI is InChI=1S/C20H35N5O.HI/c1-3-21-20(23-12-18-26-4-2)22-11-8-13-24-14-16-25(17-15-24)19-9-6-5-7-10-19;/h5-7,9-10H,3-4,8,11-18H2,1-2H3,(H2,21,22,23);1H. The lowest BCUT2D eigenvalue weighted by Gasteiger charge is -2.36. The number of rotatable bonds is 10. The van der Waals surface area contributed by atoms with Crippen LogP contribution in [0.15, 0.2) is 35.3 Å². The zero-order valence-corrected chi connectivity index (χ0v) is 19.2. The van der Waals surface area contributed by atoms with Crippen LogP contribution in [0.1, 0.15) is 20.3 Å². The molecule has 0 amide bonds. The monoisotopic (exact) mass is 489 g/mol. The summed E-state index contributed by atoms with van der Waals surface area (Å²) in [6.45, 7) is 13.7. The molecule has 6 nitrogen and oxygen atoms in total. The second-order valence-electron chi connectivity index (χ2n) is 6.40. The van der Waals surface area contributed by atoms with Crippen molar-refractivity contribution in [1.82, 2.24) is 15.5 Å². The topological polar surface area (TPSA) is 52.1 Å². The molecule has 1 aromatic carbocycles. The molecule has 0 bridgehead atoms. The smallest absolute Gasteiger partial charge is 0.191 e. The highest BCUT2D eigenvalue weighted by Crippen LogP contribution is 2.15. The molecule has 0 unspecified atom stereocenters. The van der Waals surface area contributed by atoms with Gasteiger partial charge in [-0.1, -0.05) is 18.2 Å². The summed E-state index contributed by atoms with van der Waals surface area (Å²) >= 11 is 0. The van der Waals surface area contributed by atoms with E-state index in [1.165, 1.54) is 5.69 Å². The SMILES string of the molecule is CCNC(=NCCCN1CCN(c2ccccc2)CC1)NCCOCC.I. The van der Waals surface area contributed by atoms with Crippen LogP contribution in [0.5, 0.6) is 0 Å². The lowest BCUT2D eigenvalue weighted by atomic mass is 10.2. The fourth-order valence-corrected chi connectivity index (χ4v) is 3.08. The third kappa shape index (κ3) is 9.62. The minimum Gasteiger partial charge on any atom is -0.380 e. The molecule has 1 aliphatic heterocycles. The number of hydrogen-bond donors (Lipinski definition) is 2. The van der Waals surface area contributed by atoms with E-state index in [-0.39, 0.29) is 24.0 Å². The van der Waals surface area contributed by atoms with E-state index < -0.39 is 0 Å². The molecule has 2 N–H and O–H groups in total. The van der Waals surface area contributed by atoms with E-state index in [1.807, 2.05) is 6.92 Å². The molecular formula is C20H36IN5O. The Morgan fingerprint density at radius 2 is 1.81 bits per heavy atom. The Kier molecular flexibility index (Phi) is 13.3. The molecule has 2 rings (SSSR count). The van der Waals surface area contributed by atoms with Crippen molar-refractivity contribution >= 4 is 35.6 Å². The summed E-state index contributed by atoms with van der Waals surface area (Å²) in [6, 6.07) is 10.7. The van der Waals surface area contributed by atoms with Gasteiger partial charge in [0.05, 0.1) is 6.61 Å². The highest BCUT2D eigenvalue weighted by atomic mass is 127. The van der Waals surface area contributed by atoms with Crippen molar-refractivity contribution in [1.29, 1.82) is 0 Å². The summed E-state index contributed by atoms with van der Waals surface area (Å²) in [5.74, 6) is 0.890. The van der Waals surface area contributed by atoms with E-state index in [9.17, 15) is 0 Å². The average molecular weight is 489 g/mol. The van der Waals surface area contributed by atoms with Crippen LogP contribution < -0.4 is 15.5 Å². The van der Waals surface area contributed by atoms with Crippen LogP contribution >= 0.6 is 24.0 Å². The van der Waals surface area contributed by atoms with Gasteiger partial charge in [-0.25, -0.2) is 0 Å². The van der Waals surface area contributed by atoms with Crippen LogP contribution in [0.2, 0.25) is 0 Å². The predicted octanol–water partition coefficient (Wildman–Crippen LogP) is 2.41. The highest BCUT2D eigenvalue weighted by molar-refractivity contribution is 14.0. The van der Waals surface area contributed by atoms with Gasteiger partial charge in [0.15, 0.2) is 5.96 Å². The maximum absolute atomic E-state index is 5.35. The molecule has 1 heterocycles. The van der Waals surface area contributed by atoms with Crippen molar-refractivity contribution in [3.8, 4) is 0 Å². The fourth-order valence-electron chi connectivity index (χ4n) is 3.08. The van der Waals surface area contributed by atoms with Crippen molar-refractivity contribution < 1.29 is 4.74 Å². The first-order valence-corrected chi connectivity index (χ1v) is 9.95. The molecule has 0 saturated carbocycles. The fraction of sp³-hybridized carbons (Fsp3) is 0.650. The molecule has 0 aliphatic carbocycles. The van der Waals surface area contributed by atoms with Crippen LogP contribution in [0.3, 0.4) is 0 Å². The van der Waals surface area contributed by atoms with E-state index in [2.05, 4.69) is 62.7 Å². The lowest BCUT2D eigenvalue weighted by molar-refractivity contribution is 0.152.